The molecular weight excluding hydrogens is 288 g/mol. The highest BCUT2D eigenvalue weighted by molar-refractivity contribution is 6.30. The van der Waals surface area contributed by atoms with Gasteiger partial charge in [0.1, 0.15) is 5.78 Å². The largest absolute Gasteiger partial charge is 0.368 e. The van der Waals surface area contributed by atoms with Crippen molar-refractivity contribution in [1.29, 1.82) is 0 Å². The molecule has 1 fully saturated rings. The van der Waals surface area contributed by atoms with E-state index in [1.54, 1.807) is 30.2 Å². The van der Waals surface area contributed by atoms with Gasteiger partial charge in [0.05, 0.1) is 28.8 Å². The fraction of sp³-hybridized carbons (Fsp3) is 0.400. The zero-order chi connectivity index (χ0) is 14.8. The Bertz CT molecular complexity index is 647. The van der Waals surface area contributed by atoms with Crippen molar-refractivity contribution in [1.82, 2.24) is 14.8 Å². The first kappa shape index (κ1) is 14.1. The van der Waals surface area contributed by atoms with Gasteiger partial charge in [0.15, 0.2) is 0 Å². The number of nitrogens with zero attached hydrogens (tertiary/aromatic N) is 4. The van der Waals surface area contributed by atoms with Crippen LogP contribution in [0.1, 0.15) is 19.8 Å². The molecule has 2 aromatic heterocycles. The van der Waals surface area contributed by atoms with Crippen molar-refractivity contribution < 1.29 is 4.79 Å². The van der Waals surface area contributed by atoms with Crippen molar-refractivity contribution in [2.24, 2.45) is 5.92 Å². The lowest BCUT2D eigenvalue weighted by Gasteiger charge is -2.33. The Morgan fingerprint density at radius 2 is 2.05 bits per heavy atom. The molecule has 0 radical (unpaired) electrons. The van der Waals surface area contributed by atoms with Crippen LogP contribution in [0.3, 0.4) is 0 Å². The molecule has 0 spiro atoms. The zero-order valence-electron chi connectivity index (χ0n) is 11.9. The first-order chi connectivity index (χ1) is 10.1. The van der Waals surface area contributed by atoms with Gasteiger partial charge >= 0.3 is 0 Å². The number of carbonyl (C=O) groups excluding carboxylic acids is 1. The highest BCUT2D eigenvalue weighted by Gasteiger charge is 2.24. The fourth-order valence-electron chi connectivity index (χ4n) is 2.78. The normalized spacial score (nSPS) is 16.2. The van der Waals surface area contributed by atoms with Gasteiger partial charge in [-0.15, -0.1) is 0 Å². The van der Waals surface area contributed by atoms with E-state index in [1.807, 2.05) is 12.3 Å². The van der Waals surface area contributed by atoms with E-state index < -0.39 is 0 Å². The molecular formula is C15H17ClN4O. The number of carbonyl (C=O) groups is 1. The lowest BCUT2D eigenvalue weighted by atomic mass is 9.93. The van der Waals surface area contributed by atoms with Gasteiger partial charge in [0.25, 0.3) is 0 Å². The third kappa shape index (κ3) is 2.93. The van der Waals surface area contributed by atoms with Crippen LogP contribution in [0.25, 0.3) is 5.69 Å². The summed E-state index contributed by atoms with van der Waals surface area (Å²) >= 11 is 5.95. The minimum atomic E-state index is 0.195. The van der Waals surface area contributed by atoms with Crippen LogP contribution in [-0.2, 0) is 4.79 Å². The first-order valence-corrected chi connectivity index (χ1v) is 7.43. The number of hydrogen-bond acceptors (Lipinski definition) is 4. The summed E-state index contributed by atoms with van der Waals surface area (Å²) in [7, 11) is 0. The minimum absolute atomic E-state index is 0.195. The minimum Gasteiger partial charge on any atom is -0.368 e. The van der Waals surface area contributed by atoms with Gasteiger partial charge in [-0.25, -0.2) is 4.68 Å². The van der Waals surface area contributed by atoms with Gasteiger partial charge in [-0.2, -0.15) is 5.10 Å². The molecule has 3 heterocycles. The van der Waals surface area contributed by atoms with E-state index in [4.69, 9.17) is 11.6 Å². The number of ketones is 1. The summed E-state index contributed by atoms with van der Waals surface area (Å²) < 4.78 is 1.76. The Kier molecular flexibility index (Phi) is 3.92. The second kappa shape index (κ2) is 5.85. The number of halogens is 1. The second-order valence-corrected chi connectivity index (χ2v) is 5.78. The van der Waals surface area contributed by atoms with E-state index in [-0.39, 0.29) is 5.92 Å². The van der Waals surface area contributed by atoms with Crippen molar-refractivity contribution >= 4 is 23.1 Å². The summed E-state index contributed by atoms with van der Waals surface area (Å²) in [5, 5.41) is 4.87. The summed E-state index contributed by atoms with van der Waals surface area (Å²) in [6.45, 7) is 3.40. The van der Waals surface area contributed by atoms with Gasteiger partial charge in [0, 0.05) is 31.4 Å². The standard InChI is InChI=1S/C15H17ClN4O/c1-11(21)12-3-6-19(7-4-12)15-9-17-5-2-14(15)20-10-13(16)8-18-20/h2,5,8-10,12H,3-4,6-7H2,1H3. The molecule has 5 nitrogen and oxygen atoms in total. The lowest BCUT2D eigenvalue weighted by Crippen LogP contribution is -2.36. The molecule has 0 saturated carbocycles. The highest BCUT2D eigenvalue weighted by Crippen LogP contribution is 2.28. The lowest BCUT2D eigenvalue weighted by molar-refractivity contribution is -0.121. The topological polar surface area (TPSA) is 51.0 Å². The molecule has 2 aromatic rings. The molecule has 1 aliphatic rings. The van der Waals surface area contributed by atoms with Crippen molar-refractivity contribution in [3.8, 4) is 5.69 Å². The number of hydrogen-bond donors (Lipinski definition) is 0. The van der Waals surface area contributed by atoms with Gasteiger partial charge in [-0.05, 0) is 25.8 Å². The number of piperidine rings is 1. The molecule has 0 N–H and O–H groups in total. The summed E-state index contributed by atoms with van der Waals surface area (Å²) in [5.74, 6) is 0.487. The van der Waals surface area contributed by atoms with Crippen molar-refractivity contribution in [2.75, 3.05) is 18.0 Å². The Balaban J connectivity index is 1.85. The van der Waals surface area contributed by atoms with E-state index in [1.165, 1.54) is 0 Å². The summed E-state index contributed by atoms with van der Waals surface area (Å²) in [5.41, 5.74) is 1.98. The predicted octanol–water partition coefficient (Wildman–Crippen LogP) is 2.73. The molecule has 0 unspecified atom stereocenters. The van der Waals surface area contributed by atoms with Crippen LogP contribution in [0.2, 0.25) is 5.02 Å². The molecule has 1 aliphatic heterocycles. The predicted molar refractivity (Wildman–Crippen MR) is 82.0 cm³/mol. The summed E-state index contributed by atoms with van der Waals surface area (Å²) in [6.07, 6.45) is 8.78. The second-order valence-electron chi connectivity index (χ2n) is 5.34. The molecule has 0 aliphatic carbocycles. The SMILES string of the molecule is CC(=O)C1CCN(c2cnccc2-n2cc(Cl)cn2)CC1. The Morgan fingerprint density at radius 3 is 2.67 bits per heavy atom. The van der Waals surface area contributed by atoms with Crippen LogP contribution in [0.15, 0.2) is 30.9 Å². The Morgan fingerprint density at radius 1 is 1.29 bits per heavy atom. The van der Waals surface area contributed by atoms with Crippen LogP contribution < -0.4 is 4.90 Å². The van der Waals surface area contributed by atoms with E-state index in [9.17, 15) is 4.79 Å². The highest BCUT2D eigenvalue weighted by atomic mass is 35.5. The number of pyridine rings is 1. The zero-order valence-corrected chi connectivity index (χ0v) is 12.6. The number of anilines is 1. The summed E-state index contributed by atoms with van der Waals surface area (Å²) in [6, 6.07) is 1.93. The average molecular weight is 305 g/mol. The third-order valence-electron chi connectivity index (χ3n) is 3.99. The Hall–Kier alpha value is -1.88. The molecule has 3 rings (SSSR count). The smallest absolute Gasteiger partial charge is 0.133 e. The fourth-order valence-corrected chi connectivity index (χ4v) is 2.91. The van der Waals surface area contributed by atoms with Crippen LogP contribution in [0.4, 0.5) is 5.69 Å². The Labute approximate surface area is 128 Å². The van der Waals surface area contributed by atoms with E-state index >= 15 is 0 Å². The van der Waals surface area contributed by atoms with Gasteiger partial charge < -0.3 is 4.90 Å². The van der Waals surface area contributed by atoms with Crippen molar-refractivity contribution in [2.45, 2.75) is 19.8 Å². The molecule has 0 atom stereocenters. The maximum absolute atomic E-state index is 11.5. The van der Waals surface area contributed by atoms with E-state index in [0.717, 1.165) is 37.3 Å². The molecule has 1 saturated heterocycles. The van der Waals surface area contributed by atoms with Crippen LogP contribution in [-0.4, -0.2) is 33.6 Å². The van der Waals surface area contributed by atoms with E-state index in [0.29, 0.717) is 10.8 Å². The molecule has 0 aromatic carbocycles. The number of aromatic nitrogens is 3. The number of Topliss-reactive ketones (excluding diaryl/α,β-unsaturated/α-hetero) is 1. The van der Waals surface area contributed by atoms with E-state index in [2.05, 4.69) is 15.0 Å². The maximum Gasteiger partial charge on any atom is 0.133 e. The van der Waals surface area contributed by atoms with Crippen molar-refractivity contribution in [3.63, 3.8) is 0 Å². The van der Waals surface area contributed by atoms with Crippen LogP contribution >= 0.6 is 11.6 Å². The monoisotopic (exact) mass is 304 g/mol. The summed E-state index contributed by atoms with van der Waals surface area (Å²) in [4.78, 5) is 18.0. The van der Waals surface area contributed by atoms with Crippen LogP contribution in [0.5, 0.6) is 0 Å². The maximum atomic E-state index is 11.5. The molecule has 6 heteroatoms. The molecule has 0 bridgehead atoms. The van der Waals surface area contributed by atoms with Gasteiger partial charge in [0.2, 0.25) is 0 Å². The van der Waals surface area contributed by atoms with Crippen LogP contribution in [0, 0.1) is 5.92 Å². The van der Waals surface area contributed by atoms with Crippen molar-refractivity contribution in [3.05, 3.63) is 35.9 Å². The first-order valence-electron chi connectivity index (χ1n) is 7.05. The average Bonchev–Trinajstić information content (AvgIpc) is 2.94. The quantitative estimate of drug-likeness (QED) is 0.875. The third-order valence-corrected chi connectivity index (χ3v) is 4.18. The molecule has 0 amide bonds. The van der Waals surface area contributed by atoms with Gasteiger partial charge in [-0.1, -0.05) is 11.6 Å². The van der Waals surface area contributed by atoms with Gasteiger partial charge in [-0.3, -0.25) is 9.78 Å². The number of rotatable bonds is 3. The molecule has 110 valence electrons. The molecule has 21 heavy (non-hydrogen) atoms.